The molecule has 0 saturated heterocycles. The summed E-state index contributed by atoms with van der Waals surface area (Å²) in [7, 11) is -3.97. The van der Waals surface area contributed by atoms with Crippen molar-refractivity contribution in [2.75, 3.05) is 6.54 Å². The van der Waals surface area contributed by atoms with Gasteiger partial charge in [0, 0.05) is 6.54 Å². The van der Waals surface area contributed by atoms with Gasteiger partial charge in [-0.15, -0.1) is 0 Å². The number of hydrogen-bond acceptors (Lipinski definition) is 5. The Bertz CT molecular complexity index is 1500. The molecular weight excluding hydrogens is 584 g/mol. The topological polar surface area (TPSA) is 116 Å². The molecule has 6 rings (SSSR count). The summed E-state index contributed by atoms with van der Waals surface area (Å²) in [5, 5.41) is 27.0. The second-order valence-corrected chi connectivity index (χ2v) is 17.3. The Morgan fingerprint density at radius 1 is 0.956 bits per heavy atom. The van der Waals surface area contributed by atoms with E-state index < -0.39 is 16.1 Å². The largest absolute Gasteiger partial charge is 0.393 e. The minimum Gasteiger partial charge on any atom is -0.393 e. The van der Waals surface area contributed by atoms with Crippen molar-refractivity contribution in [3.05, 3.63) is 42.5 Å². The number of sulfonamides is 1. The number of fused-ring (bicyclic) bond motifs is 6. The molecule has 4 saturated carbocycles. The smallest absolute Gasteiger partial charge is 0.328 e. The summed E-state index contributed by atoms with van der Waals surface area (Å²) < 4.78 is 27.9. The fourth-order valence-electron chi connectivity index (χ4n) is 11.3. The minimum atomic E-state index is -3.97. The molecule has 248 valence electrons. The van der Waals surface area contributed by atoms with Crippen LogP contribution in [0.5, 0.6) is 0 Å². The van der Waals surface area contributed by atoms with Gasteiger partial charge in [0.2, 0.25) is 0 Å². The zero-order valence-electron chi connectivity index (χ0n) is 27.5. The Morgan fingerprint density at radius 2 is 1.67 bits per heavy atom. The van der Waals surface area contributed by atoms with Gasteiger partial charge in [0.05, 0.1) is 17.1 Å². The van der Waals surface area contributed by atoms with Crippen LogP contribution in [0, 0.1) is 52.3 Å². The molecule has 4 N–H and O–H groups in total. The number of rotatable bonds is 8. The molecule has 0 bridgehead atoms. The summed E-state index contributed by atoms with van der Waals surface area (Å²) in [4.78, 5) is 12.6. The number of carbonyl (C=O) groups excluding carboxylic acids is 1. The molecule has 0 heterocycles. The third-order valence-corrected chi connectivity index (χ3v) is 14.9. The van der Waals surface area contributed by atoms with Gasteiger partial charge in [-0.3, -0.25) is 0 Å². The molecule has 2 amide bonds. The first-order valence-electron chi connectivity index (χ1n) is 17.5. The first-order chi connectivity index (χ1) is 21.4. The number of aliphatic hydroxyl groups is 2. The van der Waals surface area contributed by atoms with Gasteiger partial charge in [0.1, 0.15) is 0 Å². The van der Waals surface area contributed by atoms with Gasteiger partial charge in [-0.05, 0) is 133 Å². The lowest BCUT2D eigenvalue weighted by Crippen LogP contribution is -2.62. The number of nitrogens with one attached hydrogen (secondary N) is 2. The van der Waals surface area contributed by atoms with E-state index in [1.807, 2.05) is 24.3 Å². The molecule has 2 aromatic rings. The molecule has 8 heteroatoms. The third kappa shape index (κ3) is 5.82. The minimum absolute atomic E-state index is 0.0719. The molecule has 4 aliphatic carbocycles. The summed E-state index contributed by atoms with van der Waals surface area (Å²) in [6.45, 7) is 9.98. The molecule has 0 spiro atoms. The first-order valence-corrected chi connectivity index (χ1v) is 19.0. The Hall–Kier alpha value is -2.16. The van der Waals surface area contributed by atoms with E-state index >= 15 is 0 Å². The van der Waals surface area contributed by atoms with Crippen LogP contribution in [0.1, 0.15) is 91.9 Å². The molecule has 4 fully saturated rings. The van der Waals surface area contributed by atoms with Crippen LogP contribution in [0.25, 0.3) is 10.8 Å². The van der Waals surface area contributed by atoms with Crippen molar-refractivity contribution in [1.29, 1.82) is 0 Å². The van der Waals surface area contributed by atoms with Gasteiger partial charge in [0.15, 0.2) is 0 Å². The van der Waals surface area contributed by atoms with Crippen molar-refractivity contribution >= 4 is 26.8 Å². The van der Waals surface area contributed by atoms with Crippen molar-refractivity contribution in [2.45, 2.75) is 109 Å². The Balaban J connectivity index is 1.04. The SMILES string of the molecule is CC[C@H]1[C@@H](O)[C@@H]2[C@H](CC[C@]3(C)[C@@H]([C@H](C)CCCNC(=O)NS(=O)(=O)c4ccc5ccccc5c4)CC[C@@H]23)[C@@]2(C)CC[C@@H](O)C[C@@H]12. The van der Waals surface area contributed by atoms with E-state index in [4.69, 9.17) is 0 Å². The summed E-state index contributed by atoms with van der Waals surface area (Å²) in [5.41, 5.74) is 0.416. The average molecular weight is 639 g/mol. The fraction of sp³-hybridized carbons (Fsp3) is 0.703. The number of hydrogen-bond donors (Lipinski definition) is 4. The Morgan fingerprint density at radius 3 is 2.42 bits per heavy atom. The zero-order valence-corrected chi connectivity index (χ0v) is 28.4. The van der Waals surface area contributed by atoms with Crippen LogP contribution < -0.4 is 10.0 Å². The number of benzene rings is 2. The number of urea groups is 1. The van der Waals surface area contributed by atoms with E-state index in [0.29, 0.717) is 42.1 Å². The van der Waals surface area contributed by atoms with Crippen LogP contribution in [-0.4, -0.2) is 43.4 Å². The van der Waals surface area contributed by atoms with Gasteiger partial charge < -0.3 is 15.5 Å². The van der Waals surface area contributed by atoms with Crippen molar-refractivity contribution in [3.63, 3.8) is 0 Å². The molecule has 0 aromatic heterocycles. The first kappa shape index (κ1) is 32.8. The van der Waals surface area contributed by atoms with E-state index in [-0.39, 0.29) is 33.9 Å². The summed E-state index contributed by atoms with van der Waals surface area (Å²) in [6.07, 6.45) is 9.79. The van der Waals surface area contributed by atoms with Crippen LogP contribution in [0.3, 0.4) is 0 Å². The monoisotopic (exact) mass is 638 g/mol. The third-order valence-electron chi connectivity index (χ3n) is 13.5. The van der Waals surface area contributed by atoms with Crippen LogP contribution >= 0.6 is 0 Å². The molecule has 2 aromatic carbocycles. The second kappa shape index (κ2) is 12.5. The summed E-state index contributed by atoms with van der Waals surface area (Å²) >= 11 is 0. The average Bonchev–Trinajstić information content (AvgIpc) is 3.37. The molecule has 0 unspecified atom stereocenters. The highest BCUT2D eigenvalue weighted by atomic mass is 32.2. The van der Waals surface area contributed by atoms with Crippen LogP contribution in [0.15, 0.2) is 47.4 Å². The van der Waals surface area contributed by atoms with Gasteiger partial charge in [-0.25, -0.2) is 17.9 Å². The molecule has 7 nitrogen and oxygen atoms in total. The standard InChI is InChI=1S/C37H54N2O5S/c1-5-28-32-22-26(40)16-18-37(32,4)31-17-19-36(3)29(14-15-30(36)33(31)34(28)41)23(2)9-8-20-38-35(42)39-45(43,44)27-13-12-24-10-6-7-11-25(24)21-27/h6-7,10-13,21,23,26,28-34,40-41H,5,8-9,14-20,22H2,1-4H3,(H2,38,39,42)/t23-,26-,28-,29-,30+,31+,32+,33+,34-,36-,37-/m1/s1. The van der Waals surface area contributed by atoms with Gasteiger partial charge >= 0.3 is 6.03 Å². The van der Waals surface area contributed by atoms with E-state index in [9.17, 15) is 23.4 Å². The van der Waals surface area contributed by atoms with E-state index in [1.165, 1.54) is 31.7 Å². The highest BCUT2D eigenvalue weighted by Crippen LogP contribution is 2.69. The summed E-state index contributed by atoms with van der Waals surface area (Å²) in [5.74, 6) is 3.16. The second-order valence-electron chi connectivity index (χ2n) is 15.6. The van der Waals surface area contributed by atoms with Crippen molar-refractivity contribution in [2.24, 2.45) is 52.3 Å². The quantitative estimate of drug-likeness (QED) is 0.236. The molecular formula is C37H54N2O5S. The lowest BCUT2D eigenvalue weighted by molar-refractivity contribution is -0.203. The van der Waals surface area contributed by atoms with Crippen LogP contribution in [0.4, 0.5) is 4.79 Å². The van der Waals surface area contributed by atoms with Crippen molar-refractivity contribution < 1.29 is 23.4 Å². The van der Waals surface area contributed by atoms with E-state index in [0.717, 1.165) is 49.3 Å². The molecule has 4 aliphatic rings. The van der Waals surface area contributed by atoms with Crippen LogP contribution in [0.2, 0.25) is 0 Å². The number of carbonyl (C=O) groups is 1. The molecule has 0 aliphatic heterocycles. The fourth-order valence-corrected chi connectivity index (χ4v) is 12.3. The number of amides is 2. The normalized spacial score (nSPS) is 38.5. The van der Waals surface area contributed by atoms with E-state index in [1.54, 1.807) is 12.1 Å². The Kier molecular flexibility index (Phi) is 9.07. The Labute approximate surface area is 270 Å². The maximum atomic E-state index is 12.8. The van der Waals surface area contributed by atoms with Crippen molar-refractivity contribution in [1.82, 2.24) is 10.0 Å². The lowest BCUT2D eigenvalue weighted by atomic mass is 9.41. The van der Waals surface area contributed by atoms with Gasteiger partial charge in [0.25, 0.3) is 10.0 Å². The highest BCUT2D eigenvalue weighted by molar-refractivity contribution is 7.90. The molecule has 11 atom stereocenters. The molecule has 0 radical (unpaired) electrons. The molecule has 45 heavy (non-hydrogen) atoms. The summed E-state index contributed by atoms with van der Waals surface area (Å²) in [6, 6.07) is 11.7. The highest BCUT2D eigenvalue weighted by Gasteiger charge is 2.64. The maximum Gasteiger partial charge on any atom is 0.328 e. The van der Waals surface area contributed by atoms with Crippen molar-refractivity contribution in [3.8, 4) is 0 Å². The lowest BCUT2D eigenvalue weighted by Gasteiger charge is -2.64. The van der Waals surface area contributed by atoms with Gasteiger partial charge in [-0.1, -0.05) is 64.4 Å². The zero-order chi connectivity index (χ0) is 32.1. The predicted octanol–water partition coefficient (Wildman–Crippen LogP) is 6.87. The van der Waals surface area contributed by atoms with Crippen LogP contribution in [-0.2, 0) is 10.0 Å². The number of aliphatic hydroxyl groups excluding tert-OH is 2. The predicted molar refractivity (Wildman–Crippen MR) is 178 cm³/mol. The maximum absolute atomic E-state index is 12.8. The van der Waals surface area contributed by atoms with Gasteiger partial charge in [-0.2, -0.15) is 0 Å². The van der Waals surface area contributed by atoms with E-state index in [2.05, 4.69) is 37.7 Å².